The minimum absolute atomic E-state index is 0.163. The van der Waals surface area contributed by atoms with E-state index in [2.05, 4.69) is 10.3 Å². The molecule has 0 aliphatic heterocycles. The van der Waals surface area contributed by atoms with Gasteiger partial charge in [0, 0.05) is 7.05 Å². The van der Waals surface area contributed by atoms with Crippen molar-refractivity contribution >= 4 is 17.0 Å². The second-order valence-electron chi connectivity index (χ2n) is 6.19. The molecule has 1 aromatic heterocycles. The Hall–Kier alpha value is -2.09. The number of alkyl halides is 3. The third kappa shape index (κ3) is 4.05. The number of imidazole rings is 1. The monoisotopic (exact) mass is 343 g/mol. The molecule has 0 saturated heterocycles. The zero-order valence-corrected chi connectivity index (χ0v) is 13.7. The Kier molecular flexibility index (Phi) is 5.17. The van der Waals surface area contributed by atoms with Gasteiger partial charge in [0.15, 0.2) is 0 Å². The van der Waals surface area contributed by atoms with Crippen molar-refractivity contribution in [1.29, 1.82) is 0 Å². The number of fused-ring (bicyclic) bond motifs is 1. The molecule has 0 bridgehead atoms. The molecular formula is C16H20F3N3O2. The van der Waals surface area contributed by atoms with E-state index in [4.69, 9.17) is 0 Å². The van der Waals surface area contributed by atoms with Crippen molar-refractivity contribution in [1.82, 2.24) is 14.9 Å². The summed E-state index contributed by atoms with van der Waals surface area (Å²) >= 11 is 0. The highest BCUT2D eigenvalue weighted by atomic mass is 19.4. The lowest BCUT2D eigenvalue weighted by molar-refractivity contribution is -0.140. The number of halogens is 3. The Morgan fingerprint density at radius 1 is 1.38 bits per heavy atom. The lowest BCUT2D eigenvalue weighted by Gasteiger charge is -2.16. The predicted octanol–water partition coefficient (Wildman–Crippen LogP) is 3.18. The third-order valence-electron chi connectivity index (χ3n) is 3.81. The number of carbonyl (C=O) groups is 1. The first-order valence-electron chi connectivity index (χ1n) is 7.58. The molecule has 1 aromatic carbocycles. The van der Waals surface area contributed by atoms with Crippen LogP contribution < -0.4 is 5.32 Å². The standard InChI is InChI=1S/C16H20F3N3O2/c1-9(2)6-12(15(23)24)20-8-14-21-11-7-10(16(17,18)19)4-5-13(11)22(14)3/h4-5,7,9,12,20H,6,8H2,1-3H3,(H,23,24)/t12-/m0/s1. The maximum Gasteiger partial charge on any atom is 0.416 e. The molecule has 0 saturated carbocycles. The van der Waals surface area contributed by atoms with Crippen LogP contribution in [0.15, 0.2) is 18.2 Å². The molecule has 0 spiro atoms. The Morgan fingerprint density at radius 3 is 2.58 bits per heavy atom. The molecule has 2 rings (SSSR count). The van der Waals surface area contributed by atoms with Gasteiger partial charge in [0.25, 0.3) is 0 Å². The molecule has 0 unspecified atom stereocenters. The van der Waals surface area contributed by atoms with Crippen LogP contribution >= 0.6 is 0 Å². The van der Waals surface area contributed by atoms with Crippen LogP contribution in [0.5, 0.6) is 0 Å². The maximum atomic E-state index is 12.8. The highest BCUT2D eigenvalue weighted by molar-refractivity contribution is 5.77. The molecule has 0 aliphatic carbocycles. The van der Waals surface area contributed by atoms with Crippen LogP contribution in [0.4, 0.5) is 13.2 Å². The van der Waals surface area contributed by atoms with E-state index in [1.54, 1.807) is 11.6 Å². The second-order valence-corrected chi connectivity index (χ2v) is 6.19. The summed E-state index contributed by atoms with van der Waals surface area (Å²) in [6.07, 6.45) is -3.96. The molecule has 0 amide bonds. The highest BCUT2D eigenvalue weighted by Crippen LogP contribution is 2.31. The maximum absolute atomic E-state index is 12.8. The van der Waals surface area contributed by atoms with Gasteiger partial charge in [0.2, 0.25) is 0 Å². The smallest absolute Gasteiger partial charge is 0.416 e. The van der Waals surface area contributed by atoms with Crippen molar-refractivity contribution in [3.8, 4) is 0 Å². The second kappa shape index (κ2) is 6.80. The van der Waals surface area contributed by atoms with Crippen LogP contribution in [0, 0.1) is 5.92 Å². The topological polar surface area (TPSA) is 67.2 Å². The fourth-order valence-electron chi connectivity index (χ4n) is 2.54. The minimum atomic E-state index is -4.42. The highest BCUT2D eigenvalue weighted by Gasteiger charge is 2.31. The van der Waals surface area contributed by atoms with Crippen LogP contribution in [-0.2, 0) is 24.6 Å². The van der Waals surface area contributed by atoms with Crippen molar-refractivity contribution in [3.05, 3.63) is 29.6 Å². The third-order valence-corrected chi connectivity index (χ3v) is 3.81. The summed E-state index contributed by atoms with van der Waals surface area (Å²) in [4.78, 5) is 15.5. The molecular weight excluding hydrogens is 323 g/mol. The van der Waals surface area contributed by atoms with Crippen molar-refractivity contribution in [2.24, 2.45) is 13.0 Å². The van der Waals surface area contributed by atoms with Gasteiger partial charge in [-0.2, -0.15) is 13.2 Å². The summed E-state index contributed by atoms with van der Waals surface area (Å²) in [5.41, 5.74) is 0.0474. The number of hydrogen-bond acceptors (Lipinski definition) is 3. The van der Waals surface area contributed by atoms with Crippen LogP contribution in [0.25, 0.3) is 11.0 Å². The Labute approximate surface area is 137 Å². The van der Waals surface area contributed by atoms with Gasteiger partial charge in [-0.15, -0.1) is 0 Å². The number of aromatic nitrogens is 2. The minimum Gasteiger partial charge on any atom is -0.480 e. The van der Waals surface area contributed by atoms with Gasteiger partial charge in [0.05, 0.1) is 23.1 Å². The number of aryl methyl sites for hydroxylation is 1. The molecule has 5 nitrogen and oxygen atoms in total. The quantitative estimate of drug-likeness (QED) is 0.845. The number of nitrogens with one attached hydrogen (secondary N) is 1. The van der Waals surface area contributed by atoms with Crippen LogP contribution in [0.3, 0.4) is 0 Å². The largest absolute Gasteiger partial charge is 0.480 e. The lowest BCUT2D eigenvalue weighted by Crippen LogP contribution is -2.37. The fraction of sp³-hybridized carbons (Fsp3) is 0.500. The van der Waals surface area contributed by atoms with E-state index in [0.717, 1.165) is 12.1 Å². The molecule has 8 heteroatoms. The van der Waals surface area contributed by atoms with Gasteiger partial charge in [-0.3, -0.25) is 10.1 Å². The van der Waals surface area contributed by atoms with Gasteiger partial charge in [-0.25, -0.2) is 4.98 Å². The van der Waals surface area contributed by atoms with E-state index in [9.17, 15) is 23.1 Å². The summed E-state index contributed by atoms with van der Waals surface area (Å²) < 4.78 is 40.0. The van der Waals surface area contributed by atoms with Crippen molar-refractivity contribution < 1.29 is 23.1 Å². The zero-order valence-electron chi connectivity index (χ0n) is 13.7. The Balaban J connectivity index is 2.23. The molecule has 0 radical (unpaired) electrons. The average Bonchev–Trinajstić information content (AvgIpc) is 2.78. The first kappa shape index (κ1) is 18.3. The van der Waals surface area contributed by atoms with Crippen LogP contribution in [0.2, 0.25) is 0 Å². The Bertz CT molecular complexity index is 738. The first-order chi connectivity index (χ1) is 11.1. The van der Waals surface area contributed by atoms with Crippen LogP contribution in [0.1, 0.15) is 31.7 Å². The van der Waals surface area contributed by atoms with E-state index in [-0.39, 0.29) is 18.0 Å². The normalized spacial score (nSPS) is 13.6. The predicted molar refractivity (Wildman–Crippen MR) is 83.4 cm³/mol. The molecule has 1 atom stereocenters. The van der Waals surface area contributed by atoms with E-state index in [1.807, 2.05) is 13.8 Å². The van der Waals surface area contributed by atoms with Crippen molar-refractivity contribution in [3.63, 3.8) is 0 Å². The van der Waals surface area contributed by atoms with E-state index in [0.29, 0.717) is 17.8 Å². The van der Waals surface area contributed by atoms with Gasteiger partial charge in [-0.1, -0.05) is 13.8 Å². The van der Waals surface area contributed by atoms with E-state index < -0.39 is 23.8 Å². The summed E-state index contributed by atoms with van der Waals surface area (Å²) in [5.74, 6) is -0.269. The molecule has 132 valence electrons. The number of carboxylic acid groups (broad SMARTS) is 1. The number of carboxylic acids is 1. The summed E-state index contributed by atoms with van der Waals surface area (Å²) in [5, 5.41) is 12.1. The van der Waals surface area contributed by atoms with Crippen molar-refractivity contribution in [2.45, 2.75) is 39.0 Å². The molecule has 0 aliphatic rings. The SMILES string of the molecule is CC(C)C[C@H](NCc1nc2cc(C(F)(F)F)ccc2n1C)C(=O)O. The number of benzene rings is 1. The molecule has 2 aromatic rings. The number of hydrogen-bond donors (Lipinski definition) is 2. The van der Waals surface area contributed by atoms with Crippen LogP contribution in [-0.4, -0.2) is 26.7 Å². The molecule has 2 N–H and O–H groups in total. The van der Waals surface area contributed by atoms with Gasteiger partial charge in [-0.05, 0) is 30.5 Å². The number of nitrogens with zero attached hydrogens (tertiary/aromatic N) is 2. The average molecular weight is 343 g/mol. The zero-order chi connectivity index (χ0) is 18.1. The lowest BCUT2D eigenvalue weighted by atomic mass is 10.0. The summed E-state index contributed by atoms with van der Waals surface area (Å²) in [7, 11) is 1.69. The molecule has 1 heterocycles. The fourth-order valence-corrected chi connectivity index (χ4v) is 2.54. The molecule has 24 heavy (non-hydrogen) atoms. The molecule has 0 fully saturated rings. The van der Waals surface area contributed by atoms with Crippen molar-refractivity contribution in [2.75, 3.05) is 0 Å². The van der Waals surface area contributed by atoms with E-state index >= 15 is 0 Å². The number of rotatable bonds is 6. The Morgan fingerprint density at radius 2 is 2.04 bits per heavy atom. The summed E-state index contributed by atoms with van der Waals surface area (Å²) in [6.45, 7) is 4.01. The number of aliphatic carboxylic acids is 1. The summed E-state index contributed by atoms with van der Waals surface area (Å²) in [6, 6.07) is 2.66. The first-order valence-corrected chi connectivity index (χ1v) is 7.58. The van der Waals surface area contributed by atoms with E-state index in [1.165, 1.54) is 6.07 Å². The van der Waals surface area contributed by atoms with Gasteiger partial charge in [0.1, 0.15) is 11.9 Å². The van der Waals surface area contributed by atoms with Gasteiger partial charge < -0.3 is 9.67 Å². The van der Waals surface area contributed by atoms with Gasteiger partial charge >= 0.3 is 12.1 Å².